The number of Topliss-reactive ketones (excluding diaryl/α,β-unsaturated/α-hetero) is 1. The van der Waals surface area contributed by atoms with E-state index >= 15 is 0 Å². The van der Waals surface area contributed by atoms with Crippen LogP contribution in [0.25, 0.3) is 0 Å². The van der Waals surface area contributed by atoms with Crippen molar-refractivity contribution in [2.75, 3.05) is 7.11 Å². The number of ether oxygens (including phenoxy) is 1. The number of carbonyl (C=O) groups is 2. The van der Waals surface area contributed by atoms with Crippen LogP contribution in [0.4, 0.5) is 0 Å². The van der Waals surface area contributed by atoms with Crippen molar-refractivity contribution in [1.82, 2.24) is 0 Å². The molecule has 1 saturated carbocycles. The Morgan fingerprint density at radius 3 is 2.53 bits per heavy atom. The second-order valence-corrected chi connectivity index (χ2v) is 5.95. The average molecular weight is 236 g/mol. The highest BCUT2D eigenvalue weighted by Crippen LogP contribution is 2.60. The summed E-state index contributed by atoms with van der Waals surface area (Å²) in [6, 6.07) is 0. The summed E-state index contributed by atoms with van der Waals surface area (Å²) in [7, 11) is 1.38. The number of hydrogen-bond donors (Lipinski definition) is 0. The van der Waals surface area contributed by atoms with E-state index < -0.39 is 0 Å². The maximum absolute atomic E-state index is 12.5. The predicted molar refractivity (Wildman–Crippen MR) is 64.3 cm³/mol. The minimum Gasteiger partial charge on any atom is -0.469 e. The molecule has 1 spiro atoms. The SMILES string of the molecule is COC(=O)CC1C(=O)C(C)(C)CCC12C=C2C. The Morgan fingerprint density at radius 2 is 2.06 bits per heavy atom. The van der Waals surface area contributed by atoms with Crippen LogP contribution < -0.4 is 0 Å². The van der Waals surface area contributed by atoms with Gasteiger partial charge in [-0.2, -0.15) is 0 Å². The minimum atomic E-state index is -0.305. The molecule has 2 rings (SSSR count). The van der Waals surface area contributed by atoms with Gasteiger partial charge in [0.25, 0.3) is 0 Å². The first-order chi connectivity index (χ1) is 7.83. The molecule has 0 aromatic heterocycles. The van der Waals surface area contributed by atoms with Gasteiger partial charge in [-0.1, -0.05) is 25.5 Å². The summed E-state index contributed by atoms with van der Waals surface area (Å²) >= 11 is 0. The Bertz CT molecular complexity index is 406. The topological polar surface area (TPSA) is 43.4 Å². The molecule has 0 saturated heterocycles. The summed E-state index contributed by atoms with van der Waals surface area (Å²) in [5, 5.41) is 0. The first kappa shape index (κ1) is 12.3. The van der Waals surface area contributed by atoms with Crippen molar-refractivity contribution >= 4 is 11.8 Å². The molecule has 0 N–H and O–H groups in total. The maximum atomic E-state index is 12.5. The molecule has 0 heterocycles. The predicted octanol–water partition coefficient (Wildman–Crippen LogP) is 2.50. The van der Waals surface area contributed by atoms with Crippen molar-refractivity contribution in [3.8, 4) is 0 Å². The van der Waals surface area contributed by atoms with Crippen LogP contribution in [0.1, 0.15) is 40.0 Å². The summed E-state index contributed by atoms with van der Waals surface area (Å²) in [6.07, 6.45) is 4.25. The second kappa shape index (κ2) is 3.69. The van der Waals surface area contributed by atoms with Crippen LogP contribution in [-0.2, 0) is 14.3 Å². The van der Waals surface area contributed by atoms with Crippen LogP contribution in [0.2, 0.25) is 0 Å². The van der Waals surface area contributed by atoms with Gasteiger partial charge in [-0.05, 0) is 19.8 Å². The zero-order valence-corrected chi connectivity index (χ0v) is 11.0. The van der Waals surface area contributed by atoms with Crippen molar-refractivity contribution in [2.45, 2.75) is 40.0 Å². The van der Waals surface area contributed by atoms with E-state index in [0.29, 0.717) is 0 Å². The molecule has 0 radical (unpaired) electrons. The summed E-state index contributed by atoms with van der Waals surface area (Å²) in [4.78, 5) is 23.9. The molecule has 0 bridgehead atoms. The molecule has 0 aliphatic heterocycles. The Balaban J connectivity index is 2.22. The Labute approximate surface area is 102 Å². The van der Waals surface area contributed by atoms with Gasteiger partial charge in [-0.3, -0.25) is 9.59 Å². The second-order valence-electron chi connectivity index (χ2n) is 5.95. The van der Waals surface area contributed by atoms with Crippen molar-refractivity contribution in [2.24, 2.45) is 16.7 Å². The Kier molecular flexibility index (Phi) is 2.68. The minimum absolute atomic E-state index is 0.0964. The lowest BCUT2D eigenvalue weighted by Crippen LogP contribution is -2.43. The van der Waals surface area contributed by atoms with Gasteiger partial charge in [0.05, 0.1) is 13.5 Å². The van der Waals surface area contributed by atoms with Crippen molar-refractivity contribution in [3.63, 3.8) is 0 Å². The third-order valence-corrected chi connectivity index (χ3v) is 4.49. The largest absolute Gasteiger partial charge is 0.469 e. The normalized spacial score (nSPS) is 34.5. The highest BCUT2D eigenvalue weighted by molar-refractivity contribution is 5.92. The molecular formula is C14H20O3. The molecule has 94 valence electrons. The molecule has 3 heteroatoms. The monoisotopic (exact) mass is 236 g/mol. The van der Waals surface area contributed by atoms with E-state index in [1.54, 1.807) is 0 Å². The zero-order chi connectivity index (χ0) is 12.8. The van der Waals surface area contributed by atoms with Crippen LogP contribution in [0.3, 0.4) is 0 Å². The highest BCUT2D eigenvalue weighted by atomic mass is 16.5. The fraction of sp³-hybridized carbons (Fsp3) is 0.714. The maximum Gasteiger partial charge on any atom is 0.306 e. The summed E-state index contributed by atoms with van der Waals surface area (Å²) in [5.41, 5.74) is 0.858. The van der Waals surface area contributed by atoms with Crippen molar-refractivity contribution in [3.05, 3.63) is 11.6 Å². The molecule has 0 amide bonds. The van der Waals surface area contributed by atoms with E-state index in [2.05, 4.69) is 13.0 Å². The first-order valence-electron chi connectivity index (χ1n) is 6.14. The molecule has 2 unspecified atom stereocenters. The summed E-state index contributed by atoms with van der Waals surface area (Å²) < 4.78 is 4.71. The molecule has 3 nitrogen and oxygen atoms in total. The van der Waals surface area contributed by atoms with Crippen LogP contribution in [-0.4, -0.2) is 18.9 Å². The summed E-state index contributed by atoms with van der Waals surface area (Å²) in [5.74, 6) is -0.283. The third-order valence-electron chi connectivity index (χ3n) is 4.49. The highest BCUT2D eigenvalue weighted by Gasteiger charge is 2.57. The van der Waals surface area contributed by atoms with E-state index in [0.717, 1.165) is 12.8 Å². The van der Waals surface area contributed by atoms with Gasteiger partial charge in [0, 0.05) is 16.7 Å². The lowest BCUT2D eigenvalue weighted by molar-refractivity contribution is -0.149. The Hall–Kier alpha value is -1.12. The number of methoxy groups -OCH3 is 1. The fourth-order valence-electron chi connectivity index (χ4n) is 3.04. The molecular weight excluding hydrogens is 216 g/mol. The van der Waals surface area contributed by atoms with Gasteiger partial charge in [0.2, 0.25) is 0 Å². The fourth-order valence-corrected chi connectivity index (χ4v) is 3.04. The smallest absolute Gasteiger partial charge is 0.306 e. The molecule has 1 fully saturated rings. The van der Waals surface area contributed by atoms with E-state index in [-0.39, 0.29) is 34.9 Å². The third kappa shape index (κ3) is 1.81. The molecule has 2 aliphatic carbocycles. The van der Waals surface area contributed by atoms with Crippen molar-refractivity contribution < 1.29 is 14.3 Å². The van der Waals surface area contributed by atoms with Crippen LogP contribution in [0, 0.1) is 16.7 Å². The molecule has 0 aromatic carbocycles. The van der Waals surface area contributed by atoms with E-state index in [9.17, 15) is 9.59 Å². The molecule has 2 aliphatic rings. The Morgan fingerprint density at radius 1 is 1.47 bits per heavy atom. The van der Waals surface area contributed by atoms with Crippen LogP contribution in [0.5, 0.6) is 0 Å². The first-order valence-corrected chi connectivity index (χ1v) is 6.14. The van der Waals surface area contributed by atoms with E-state index in [4.69, 9.17) is 4.74 Å². The van der Waals surface area contributed by atoms with E-state index in [1.807, 2.05) is 13.8 Å². The number of carbonyl (C=O) groups excluding carboxylic acids is 2. The number of esters is 1. The number of ketones is 1. The number of rotatable bonds is 2. The standard InChI is InChI=1S/C14H20O3/c1-9-8-14(9)6-5-13(2,3)12(16)10(14)7-11(15)17-4/h8,10H,5-7H2,1-4H3. The average Bonchev–Trinajstić information content (AvgIpc) is 2.92. The lowest BCUT2D eigenvalue weighted by atomic mass is 9.61. The number of allylic oxidation sites excluding steroid dienone is 2. The molecule has 2 atom stereocenters. The lowest BCUT2D eigenvalue weighted by Gasteiger charge is -2.40. The van der Waals surface area contributed by atoms with Crippen LogP contribution >= 0.6 is 0 Å². The van der Waals surface area contributed by atoms with E-state index in [1.165, 1.54) is 12.7 Å². The van der Waals surface area contributed by atoms with Gasteiger partial charge in [0.1, 0.15) is 5.78 Å². The number of hydrogen-bond acceptors (Lipinski definition) is 3. The van der Waals surface area contributed by atoms with Gasteiger partial charge >= 0.3 is 5.97 Å². The zero-order valence-electron chi connectivity index (χ0n) is 11.0. The van der Waals surface area contributed by atoms with Gasteiger partial charge < -0.3 is 4.74 Å². The van der Waals surface area contributed by atoms with Gasteiger partial charge in [-0.25, -0.2) is 0 Å². The quantitative estimate of drug-likeness (QED) is 0.546. The molecule has 0 aromatic rings. The summed E-state index contributed by atoms with van der Waals surface area (Å²) in [6.45, 7) is 6.00. The van der Waals surface area contributed by atoms with Gasteiger partial charge in [0.15, 0.2) is 0 Å². The van der Waals surface area contributed by atoms with Crippen molar-refractivity contribution in [1.29, 1.82) is 0 Å². The van der Waals surface area contributed by atoms with Crippen LogP contribution in [0.15, 0.2) is 11.6 Å². The van der Waals surface area contributed by atoms with Gasteiger partial charge in [-0.15, -0.1) is 0 Å². The molecule has 17 heavy (non-hydrogen) atoms.